The molecule has 0 aliphatic carbocycles. The number of nitro benzene ring substituents is 1. The van der Waals surface area contributed by atoms with Crippen LogP contribution >= 0.6 is 12.0 Å². The number of phenols is 3. The highest BCUT2D eigenvalue weighted by molar-refractivity contribution is 7.94. The van der Waals surface area contributed by atoms with E-state index in [1.54, 1.807) is 0 Å². The molecule has 1 aromatic carbocycles. The van der Waals surface area contributed by atoms with Crippen LogP contribution in [-0.2, 0) is 11.3 Å². The summed E-state index contributed by atoms with van der Waals surface area (Å²) in [7, 11) is 1.23. The molecule has 0 bridgehead atoms. The number of benzene rings is 1. The van der Waals surface area contributed by atoms with Crippen LogP contribution in [0.25, 0.3) is 0 Å². The third-order valence-corrected chi connectivity index (χ3v) is 2.58. The summed E-state index contributed by atoms with van der Waals surface area (Å²) in [6.45, 7) is -0.358. The normalized spacial score (nSPS) is 10.5. The molecule has 1 aromatic rings. The molecule has 0 amide bonds. The van der Waals surface area contributed by atoms with Gasteiger partial charge in [-0.1, -0.05) is 0 Å². The Kier molecular flexibility index (Phi) is 3.99. The fourth-order valence-corrected chi connectivity index (χ4v) is 1.75. The molecule has 0 spiro atoms. The second kappa shape index (κ2) is 5.08. The van der Waals surface area contributed by atoms with Gasteiger partial charge in [0.15, 0.2) is 16.4 Å². The topological polar surface area (TPSA) is 133 Å². The highest BCUT2D eigenvalue weighted by Crippen LogP contribution is 2.50. The van der Waals surface area contributed by atoms with Crippen molar-refractivity contribution in [3.8, 4) is 17.2 Å². The average Bonchev–Trinajstić information content (AvgIpc) is 2.29. The van der Waals surface area contributed by atoms with Crippen molar-refractivity contribution < 1.29 is 29.5 Å². The Bertz CT molecular complexity index is 462. The van der Waals surface area contributed by atoms with Gasteiger partial charge in [-0.3, -0.25) is 10.1 Å². The van der Waals surface area contributed by atoms with Crippen molar-refractivity contribution in [2.24, 2.45) is 0 Å². The van der Waals surface area contributed by atoms with E-state index in [2.05, 4.69) is 4.74 Å². The molecule has 1 rings (SSSR count). The monoisotopic (exact) mass is 263 g/mol. The first-order valence-corrected chi connectivity index (χ1v) is 4.97. The lowest BCUT2D eigenvalue weighted by molar-refractivity contribution is -0.389. The van der Waals surface area contributed by atoms with E-state index in [0.29, 0.717) is 0 Å². The van der Waals surface area contributed by atoms with Crippen molar-refractivity contribution in [1.82, 2.24) is 0 Å². The lowest BCUT2D eigenvalue weighted by Crippen LogP contribution is -2.00. The molecule has 0 radical (unpaired) electrons. The Labute approximate surface area is 99.4 Å². The smallest absolute Gasteiger partial charge is 0.298 e. The molecule has 4 N–H and O–H groups in total. The lowest BCUT2D eigenvalue weighted by atomic mass is 10.1. The molecule has 0 heterocycles. The van der Waals surface area contributed by atoms with Gasteiger partial charge >= 0.3 is 0 Å². The molecule has 0 aliphatic rings. The zero-order chi connectivity index (χ0) is 13.2. The van der Waals surface area contributed by atoms with Gasteiger partial charge in [0, 0.05) is 19.2 Å². The molecule has 17 heavy (non-hydrogen) atoms. The fourth-order valence-electron chi connectivity index (χ4n) is 1.28. The van der Waals surface area contributed by atoms with E-state index in [0.717, 1.165) is 0 Å². The molecule has 0 aromatic heterocycles. The Morgan fingerprint density at radius 3 is 2.29 bits per heavy atom. The second-order valence-electron chi connectivity index (χ2n) is 2.98. The SMILES string of the molecule is COCc1c(O)c(O)c(O)c(SO)c1[N+](=O)[O-]. The Morgan fingerprint density at radius 2 is 1.88 bits per heavy atom. The average molecular weight is 263 g/mol. The summed E-state index contributed by atoms with van der Waals surface area (Å²) < 4.78 is 13.5. The van der Waals surface area contributed by atoms with E-state index in [9.17, 15) is 25.4 Å². The van der Waals surface area contributed by atoms with Gasteiger partial charge in [0.05, 0.1) is 11.5 Å². The molecule has 0 atom stereocenters. The summed E-state index contributed by atoms with van der Waals surface area (Å²) in [4.78, 5) is 9.36. The predicted molar refractivity (Wildman–Crippen MR) is 57.3 cm³/mol. The molecule has 0 aliphatic heterocycles. The number of nitrogens with zero attached hydrogens (tertiary/aromatic N) is 1. The van der Waals surface area contributed by atoms with E-state index < -0.39 is 32.8 Å². The van der Waals surface area contributed by atoms with Crippen LogP contribution in [0.15, 0.2) is 4.90 Å². The minimum Gasteiger partial charge on any atom is -0.504 e. The first-order chi connectivity index (χ1) is 7.95. The summed E-state index contributed by atoms with van der Waals surface area (Å²) in [6, 6.07) is 0. The van der Waals surface area contributed by atoms with Crippen molar-refractivity contribution in [2.75, 3.05) is 7.11 Å². The van der Waals surface area contributed by atoms with Crippen molar-refractivity contribution in [3.63, 3.8) is 0 Å². The van der Waals surface area contributed by atoms with Gasteiger partial charge < -0.3 is 24.6 Å². The third-order valence-electron chi connectivity index (χ3n) is 2.01. The molecule has 0 unspecified atom stereocenters. The number of nitro groups is 1. The number of ether oxygens (including phenoxy) is 1. The summed E-state index contributed by atoms with van der Waals surface area (Å²) in [5.74, 6) is -2.75. The van der Waals surface area contributed by atoms with E-state index in [-0.39, 0.29) is 24.2 Å². The van der Waals surface area contributed by atoms with E-state index in [1.165, 1.54) is 7.11 Å². The molecule has 0 saturated heterocycles. The van der Waals surface area contributed by atoms with Gasteiger partial charge in [-0.25, -0.2) is 0 Å². The Balaban J connectivity index is 3.66. The third kappa shape index (κ3) is 2.20. The molecule has 0 saturated carbocycles. The number of aromatic hydroxyl groups is 3. The highest BCUT2D eigenvalue weighted by Gasteiger charge is 2.31. The minimum atomic E-state index is -0.957. The Morgan fingerprint density at radius 1 is 1.29 bits per heavy atom. The van der Waals surface area contributed by atoms with Crippen LogP contribution in [0.5, 0.6) is 17.2 Å². The van der Waals surface area contributed by atoms with Gasteiger partial charge in [0.25, 0.3) is 5.69 Å². The molecular formula is C8H9NO7S. The van der Waals surface area contributed by atoms with Crippen LogP contribution in [0.2, 0.25) is 0 Å². The zero-order valence-corrected chi connectivity index (χ0v) is 9.39. The first kappa shape index (κ1) is 13.4. The van der Waals surface area contributed by atoms with Gasteiger partial charge in [-0.15, -0.1) is 0 Å². The molecular weight excluding hydrogens is 254 g/mol. The quantitative estimate of drug-likeness (QED) is 0.277. The van der Waals surface area contributed by atoms with Crippen LogP contribution in [0.3, 0.4) is 0 Å². The number of rotatable bonds is 4. The van der Waals surface area contributed by atoms with Crippen molar-refractivity contribution in [2.45, 2.75) is 11.5 Å². The van der Waals surface area contributed by atoms with Crippen molar-refractivity contribution in [3.05, 3.63) is 15.7 Å². The number of hydrogen-bond donors (Lipinski definition) is 4. The summed E-state index contributed by atoms with van der Waals surface area (Å²) in [5, 5.41) is 39.0. The number of methoxy groups -OCH3 is 1. The van der Waals surface area contributed by atoms with Gasteiger partial charge in [0.2, 0.25) is 5.75 Å². The van der Waals surface area contributed by atoms with Gasteiger partial charge in [0.1, 0.15) is 5.56 Å². The van der Waals surface area contributed by atoms with Crippen molar-refractivity contribution >= 4 is 17.7 Å². The first-order valence-electron chi connectivity index (χ1n) is 4.20. The maximum Gasteiger partial charge on any atom is 0.298 e. The van der Waals surface area contributed by atoms with Crippen LogP contribution in [0, 0.1) is 10.1 Å². The zero-order valence-electron chi connectivity index (χ0n) is 8.58. The van der Waals surface area contributed by atoms with Gasteiger partial charge in [-0.2, -0.15) is 0 Å². The van der Waals surface area contributed by atoms with E-state index in [4.69, 9.17) is 4.55 Å². The largest absolute Gasteiger partial charge is 0.504 e. The highest BCUT2D eigenvalue weighted by atomic mass is 32.2. The van der Waals surface area contributed by atoms with Crippen LogP contribution in [0.1, 0.15) is 5.56 Å². The Hall–Kier alpha value is -1.71. The summed E-state index contributed by atoms with van der Waals surface area (Å²) >= 11 is -0.105. The van der Waals surface area contributed by atoms with Crippen LogP contribution < -0.4 is 0 Å². The van der Waals surface area contributed by atoms with Crippen LogP contribution in [-0.4, -0.2) is 31.9 Å². The molecule has 94 valence electrons. The number of hydrogen-bond acceptors (Lipinski definition) is 8. The molecule has 9 heteroatoms. The van der Waals surface area contributed by atoms with Crippen molar-refractivity contribution in [1.29, 1.82) is 0 Å². The van der Waals surface area contributed by atoms with E-state index in [1.807, 2.05) is 0 Å². The maximum absolute atomic E-state index is 10.8. The minimum absolute atomic E-state index is 0.105. The van der Waals surface area contributed by atoms with E-state index >= 15 is 0 Å². The fraction of sp³-hybridized carbons (Fsp3) is 0.250. The van der Waals surface area contributed by atoms with Crippen LogP contribution in [0.4, 0.5) is 5.69 Å². The summed E-state index contributed by atoms with van der Waals surface area (Å²) in [5.41, 5.74) is -1.04. The lowest BCUT2D eigenvalue weighted by Gasteiger charge is -2.11. The molecule has 8 nitrogen and oxygen atoms in total. The number of phenolic OH excluding ortho intramolecular Hbond substituents is 3. The summed E-state index contributed by atoms with van der Waals surface area (Å²) in [6.07, 6.45) is 0. The second-order valence-corrected chi connectivity index (χ2v) is 3.57. The predicted octanol–water partition coefficient (Wildman–Crippen LogP) is 1.42. The standard InChI is InChI=1S/C8H9NO7S/c1-16-2-3-4(9(13)14)8(17-15)7(12)6(11)5(3)10/h10-12,15H,2H2,1H3. The van der Waals surface area contributed by atoms with Gasteiger partial charge in [-0.05, 0) is 0 Å². The maximum atomic E-state index is 10.8. The molecule has 0 fully saturated rings.